The summed E-state index contributed by atoms with van der Waals surface area (Å²) in [6.45, 7) is 4.19. The molecule has 6 nitrogen and oxygen atoms in total. The molecule has 1 heterocycles. The number of carbonyl (C=O) groups excluding carboxylic acids is 2. The Bertz CT molecular complexity index is 1210. The Kier molecular flexibility index (Phi) is 7.20. The number of benzene rings is 3. The fourth-order valence-electron chi connectivity index (χ4n) is 4.25. The Labute approximate surface area is 205 Å². The van der Waals surface area contributed by atoms with Crippen LogP contribution in [0.2, 0.25) is 0 Å². The fourth-order valence-corrected chi connectivity index (χ4v) is 4.25. The van der Waals surface area contributed by atoms with Crippen molar-refractivity contribution in [3.8, 4) is 11.5 Å². The number of carbonyl (C=O) groups is 2. The second kappa shape index (κ2) is 10.5. The molecule has 1 amide bonds. The number of likely N-dealkylation sites (tertiary alicyclic amines) is 1. The van der Waals surface area contributed by atoms with Crippen molar-refractivity contribution in [2.45, 2.75) is 32.4 Å². The van der Waals surface area contributed by atoms with Crippen LogP contribution in [0.4, 0.5) is 0 Å². The second-order valence-electron chi connectivity index (χ2n) is 8.69. The van der Waals surface area contributed by atoms with Crippen molar-refractivity contribution in [2.75, 3.05) is 13.7 Å². The maximum Gasteiger partial charge on any atom is 0.295 e. The lowest BCUT2D eigenvalue weighted by molar-refractivity contribution is -0.139. The van der Waals surface area contributed by atoms with Crippen molar-refractivity contribution in [1.82, 2.24) is 4.90 Å². The van der Waals surface area contributed by atoms with Gasteiger partial charge >= 0.3 is 0 Å². The summed E-state index contributed by atoms with van der Waals surface area (Å²) in [4.78, 5) is 27.8. The molecule has 1 saturated heterocycles. The Balaban J connectivity index is 1.68. The second-order valence-corrected chi connectivity index (χ2v) is 8.69. The van der Waals surface area contributed by atoms with Crippen LogP contribution in [-0.2, 0) is 16.0 Å². The molecule has 1 fully saturated rings. The highest BCUT2D eigenvalue weighted by atomic mass is 16.5. The van der Waals surface area contributed by atoms with Crippen LogP contribution in [0.25, 0.3) is 5.76 Å². The molecule has 1 aliphatic heterocycles. The summed E-state index contributed by atoms with van der Waals surface area (Å²) in [6.07, 6.45) is 0.574. The summed E-state index contributed by atoms with van der Waals surface area (Å²) < 4.78 is 10.9. The minimum absolute atomic E-state index is 0.0172. The van der Waals surface area contributed by atoms with Crippen molar-refractivity contribution in [1.29, 1.82) is 0 Å². The Morgan fingerprint density at radius 1 is 0.914 bits per heavy atom. The predicted octanol–water partition coefficient (Wildman–Crippen LogP) is 5.15. The molecule has 1 atom stereocenters. The van der Waals surface area contributed by atoms with Crippen LogP contribution in [0.3, 0.4) is 0 Å². The third kappa shape index (κ3) is 5.22. The zero-order valence-electron chi connectivity index (χ0n) is 20.1. The van der Waals surface area contributed by atoms with Gasteiger partial charge < -0.3 is 19.5 Å². The average molecular weight is 472 g/mol. The number of methoxy groups -OCH3 is 1. The average Bonchev–Trinajstić information content (AvgIpc) is 3.13. The summed E-state index contributed by atoms with van der Waals surface area (Å²) in [5.74, 6) is -0.0816. The van der Waals surface area contributed by atoms with Crippen molar-refractivity contribution >= 4 is 17.4 Å². The van der Waals surface area contributed by atoms with Gasteiger partial charge in [0.15, 0.2) is 0 Å². The molecule has 0 radical (unpaired) electrons. The van der Waals surface area contributed by atoms with Gasteiger partial charge in [0.25, 0.3) is 11.7 Å². The summed E-state index contributed by atoms with van der Waals surface area (Å²) >= 11 is 0. The largest absolute Gasteiger partial charge is 0.507 e. The van der Waals surface area contributed by atoms with E-state index in [0.717, 1.165) is 16.9 Å². The van der Waals surface area contributed by atoms with Crippen molar-refractivity contribution < 1.29 is 24.2 Å². The normalized spacial score (nSPS) is 17.1. The van der Waals surface area contributed by atoms with Crippen LogP contribution in [0.5, 0.6) is 11.5 Å². The monoisotopic (exact) mass is 471 g/mol. The van der Waals surface area contributed by atoms with Crippen molar-refractivity contribution in [3.63, 3.8) is 0 Å². The summed E-state index contributed by atoms with van der Waals surface area (Å²) in [5.41, 5.74) is 2.33. The van der Waals surface area contributed by atoms with Gasteiger partial charge in [-0.25, -0.2) is 0 Å². The van der Waals surface area contributed by atoms with E-state index in [4.69, 9.17) is 9.47 Å². The van der Waals surface area contributed by atoms with E-state index in [1.54, 1.807) is 36.3 Å². The van der Waals surface area contributed by atoms with Gasteiger partial charge in [-0.15, -0.1) is 0 Å². The van der Waals surface area contributed by atoms with E-state index in [-0.39, 0.29) is 17.4 Å². The number of aliphatic hydroxyl groups is 1. The van der Waals surface area contributed by atoms with E-state index in [1.807, 2.05) is 68.4 Å². The maximum absolute atomic E-state index is 13.2. The molecule has 180 valence electrons. The number of ketones is 1. The van der Waals surface area contributed by atoms with E-state index in [0.29, 0.717) is 24.3 Å². The first kappa shape index (κ1) is 24.1. The van der Waals surface area contributed by atoms with Crippen LogP contribution in [0.15, 0.2) is 84.4 Å². The molecule has 3 aromatic rings. The highest BCUT2D eigenvalue weighted by Crippen LogP contribution is 2.39. The molecule has 1 N–H and O–H groups in total. The van der Waals surface area contributed by atoms with Crippen LogP contribution < -0.4 is 9.47 Å². The van der Waals surface area contributed by atoms with Gasteiger partial charge in [-0.05, 0) is 67.8 Å². The molecule has 1 aliphatic rings. The first-order valence-electron chi connectivity index (χ1n) is 11.6. The number of hydrogen-bond donors (Lipinski definition) is 1. The van der Waals surface area contributed by atoms with E-state index in [9.17, 15) is 14.7 Å². The molecule has 0 aliphatic carbocycles. The van der Waals surface area contributed by atoms with Crippen molar-refractivity contribution in [2.24, 2.45) is 0 Å². The number of rotatable bonds is 8. The first-order chi connectivity index (χ1) is 16.9. The number of ether oxygens (including phenoxy) is 2. The molecule has 0 spiro atoms. The molecule has 0 saturated carbocycles. The van der Waals surface area contributed by atoms with Gasteiger partial charge in [-0.3, -0.25) is 9.59 Å². The molecular formula is C29H29NO5. The Hall–Kier alpha value is -4.06. The third-order valence-corrected chi connectivity index (χ3v) is 5.96. The van der Waals surface area contributed by atoms with Gasteiger partial charge in [0.1, 0.15) is 17.3 Å². The van der Waals surface area contributed by atoms with Gasteiger partial charge in [0.05, 0.1) is 24.8 Å². The number of Topliss-reactive ketones (excluding diaryl/α,β-unsaturated/α-hetero) is 1. The van der Waals surface area contributed by atoms with E-state index >= 15 is 0 Å². The minimum Gasteiger partial charge on any atom is -0.507 e. The highest BCUT2D eigenvalue weighted by molar-refractivity contribution is 6.46. The van der Waals surface area contributed by atoms with Gasteiger partial charge in [0.2, 0.25) is 0 Å². The SMILES string of the molecule is COc1ccc(CCN2C(=O)C(=O)/C(=C(\O)c3ccc(OC(C)C)cc3)C2c2ccccc2)cc1. The smallest absolute Gasteiger partial charge is 0.295 e. The number of hydrogen-bond acceptors (Lipinski definition) is 5. The zero-order valence-corrected chi connectivity index (χ0v) is 20.1. The van der Waals surface area contributed by atoms with Crippen molar-refractivity contribution in [3.05, 3.63) is 101 Å². The van der Waals surface area contributed by atoms with Crippen LogP contribution in [0, 0.1) is 0 Å². The molecule has 1 unspecified atom stereocenters. The molecular weight excluding hydrogens is 442 g/mol. The van der Waals surface area contributed by atoms with Crippen LogP contribution in [0.1, 0.15) is 36.6 Å². The number of aliphatic hydroxyl groups excluding tert-OH is 1. The number of nitrogens with zero attached hydrogens (tertiary/aromatic N) is 1. The summed E-state index contributed by atoms with van der Waals surface area (Å²) in [5, 5.41) is 11.2. The predicted molar refractivity (Wildman–Crippen MR) is 134 cm³/mol. The quantitative estimate of drug-likeness (QED) is 0.279. The maximum atomic E-state index is 13.2. The van der Waals surface area contributed by atoms with Crippen LogP contribution >= 0.6 is 0 Å². The minimum atomic E-state index is -0.686. The molecule has 6 heteroatoms. The topological polar surface area (TPSA) is 76.1 Å². The lowest BCUT2D eigenvalue weighted by Gasteiger charge is -2.25. The Morgan fingerprint density at radius 2 is 1.54 bits per heavy atom. The van der Waals surface area contributed by atoms with Gasteiger partial charge in [-0.1, -0.05) is 42.5 Å². The van der Waals surface area contributed by atoms with Crippen LogP contribution in [-0.4, -0.2) is 41.5 Å². The number of amides is 1. The summed E-state index contributed by atoms with van der Waals surface area (Å²) in [7, 11) is 1.61. The molecule has 4 rings (SSSR count). The lowest BCUT2D eigenvalue weighted by Crippen LogP contribution is -2.31. The lowest BCUT2D eigenvalue weighted by atomic mass is 9.95. The molecule has 0 bridgehead atoms. The zero-order chi connectivity index (χ0) is 24.9. The standard InChI is InChI=1S/C29H29NO5/c1-19(2)35-24-15-11-22(12-16-24)27(31)25-26(21-7-5-4-6-8-21)30(29(33)28(25)32)18-17-20-9-13-23(34-3)14-10-20/h4-16,19,26,31H,17-18H2,1-3H3/b27-25-. The third-order valence-electron chi connectivity index (χ3n) is 5.96. The van der Waals surface area contributed by atoms with E-state index in [1.165, 1.54) is 0 Å². The summed E-state index contributed by atoms with van der Waals surface area (Å²) in [6, 6.07) is 23.1. The van der Waals surface area contributed by atoms with E-state index < -0.39 is 17.7 Å². The van der Waals surface area contributed by atoms with E-state index in [2.05, 4.69) is 0 Å². The first-order valence-corrected chi connectivity index (χ1v) is 11.6. The molecule has 0 aromatic heterocycles. The van der Waals surface area contributed by atoms with Gasteiger partial charge in [-0.2, -0.15) is 0 Å². The Morgan fingerprint density at radius 3 is 2.14 bits per heavy atom. The highest BCUT2D eigenvalue weighted by Gasteiger charge is 2.45. The molecule has 35 heavy (non-hydrogen) atoms. The molecule has 3 aromatic carbocycles. The van der Waals surface area contributed by atoms with Gasteiger partial charge in [0, 0.05) is 12.1 Å². The fraction of sp³-hybridized carbons (Fsp3) is 0.241.